The molecule has 0 unspecified atom stereocenters. The first-order valence-electron chi connectivity index (χ1n) is 2.51. The SMILES string of the molecule is CO.O=C(O)CCC(=O)O. The van der Waals surface area contributed by atoms with Gasteiger partial charge in [-0.05, 0) is 0 Å². The number of carbonyl (C=O) groups is 2. The third kappa shape index (κ3) is 15.8. The molecular weight excluding hydrogens is 140 g/mol. The highest BCUT2D eigenvalue weighted by Crippen LogP contribution is 1.85. The lowest BCUT2D eigenvalue weighted by molar-refractivity contribution is -0.143. The van der Waals surface area contributed by atoms with Crippen molar-refractivity contribution < 1.29 is 24.9 Å². The summed E-state index contributed by atoms with van der Waals surface area (Å²) in [6.45, 7) is 0. The van der Waals surface area contributed by atoms with Crippen molar-refractivity contribution >= 4 is 11.9 Å². The minimum Gasteiger partial charge on any atom is -0.481 e. The first-order chi connectivity index (χ1) is 4.63. The Morgan fingerprint density at radius 2 is 1.20 bits per heavy atom. The number of carboxylic acid groups (broad SMARTS) is 2. The molecule has 0 fully saturated rings. The molecule has 60 valence electrons. The fourth-order valence-electron chi connectivity index (χ4n) is 0.214. The van der Waals surface area contributed by atoms with Gasteiger partial charge >= 0.3 is 11.9 Å². The minimum atomic E-state index is -1.08. The van der Waals surface area contributed by atoms with Gasteiger partial charge in [-0.1, -0.05) is 0 Å². The van der Waals surface area contributed by atoms with Gasteiger partial charge in [-0.3, -0.25) is 9.59 Å². The summed E-state index contributed by atoms with van der Waals surface area (Å²) in [5.41, 5.74) is 0. The summed E-state index contributed by atoms with van der Waals surface area (Å²) < 4.78 is 0. The van der Waals surface area contributed by atoms with E-state index < -0.39 is 11.9 Å². The maximum Gasteiger partial charge on any atom is 0.303 e. The van der Waals surface area contributed by atoms with Crippen molar-refractivity contribution in [2.75, 3.05) is 7.11 Å². The Bertz CT molecular complexity index is 94.6. The second-order valence-corrected chi connectivity index (χ2v) is 1.29. The van der Waals surface area contributed by atoms with Crippen molar-refractivity contribution in [3.05, 3.63) is 0 Å². The van der Waals surface area contributed by atoms with E-state index in [1.807, 2.05) is 0 Å². The van der Waals surface area contributed by atoms with Crippen LogP contribution in [0, 0.1) is 0 Å². The molecule has 0 saturated carbocycles. The molecule has 0 bridgehead atoms. The molecule has 0 aromatic rings. The minimum absolute atomic E-state index is 0.296. The van der Waals surface area contributed by atoms with Gasteiger partial charge < -0.3 is 15.3 Å². The summed E-state index contributed by atoms with van der Waals surface area (Å²) in [7, 11) is 1.00. The molecule has 10 heavy (non-hydrogen) atoms. The fraction of sp³-hybridized carbons (Fsp3) is 0.600. The summed E-state index contributed by atoms with van der Waals surface area (Å²) in [6, 6.07) is 0. The van der Waals surface area contributed by atoms with Crippen LogP contribution in [0.5, 0.6) is 0 Å². The second-order valence-electron chi connectivity index (χ2n) is 1.29. The predicted molar refractivity (Wildman–Crippen MR) is 32.6 cm³/mol. The van der Waals surface area contributed by atoms with Crippen LogP contribution in [0.3, 0.4) is 0 Å². The van der Waals surface area contributed by atoms with E-state index in [-0.39, 0.29) is 12.8 Å². The van der Waals surface area contributed by atoms with Crippen molar-refractivity contribution in [3.63, 3.8) is 0 Å². The van der Waals surface area contributed by atoms with Crippen molar-refractivity contribution in [3.8, 4) is 0 Å². The molecule has 0 aliphatic carbocycles. The molecule has 5 heteroatoms. The number of aliphatic hydroxyl groups is 1. The molecule has 5 nitrogen and oxygen atoms in total. The van der Waals surface area contributed by atoms with Crippen LogP contribution in [-0.2, 0) is 9.59 Å². The molecule has 0 radical (unpaired) electrons. The van der Waals surface area contributed by atoms with Crippen LogP contribution in [0.25, 0.3) is 0 Å². The molecular formula is C5H10O5. The maximum atomic E-state index is 9.64. The Hall–Kier alpha value is -1.10. The number of hydrogen-bond donors (Lipinski definition) is 3. The largest absolute Gasteiger partial charge is 0.481 e. The molecule has 0 amide bonds. The second kappa shape index (κ2) is 7.90. The average Bonchev–Trinajstić information content (AvgIpc) is 1.89. The molecule has 0 saturated heterocycles. The number of hydrogen-bond acceptors (Lipinski definition) is 3. The van der Waals surface area contributed by atoms with Gasteiger partial charge in [0, 0.05) is 7.11 Å². The third-order valence-corrected chi connectivity index (χ3v) is 0.553. The van der Waals surface area contributed by atoms with Crippen molar-refractivity contribution in [1.29, 1.82) is 0 Å². The van der Waals surface area contributed by atoms with Crippen LogP contribution in [-0.4, -0.2) is 34.4 Å². The first-order valence-corrected chi connectivity index (χ1v) is 2.51. The lowest BCUT2D eigenvalue weighted by Crippen LogP contribution is -2.00. The van der Waals surface area contributed by atoms with Crippen LogP contribution in [0.4, 0.5) is 0 Å². The van der Waals surface area contributed by atoms with Crippen LogP contribution in [0.1, 0.15) is 12.8 Å². The summed E-state index contributed by atoms with van der Waals surface area (Å²) in [6.07, 6.45) is -0.593. The molecule has 0 heterocycles. The van der Waals surface area contributed by atoms with E-state index in [2.05, 4.69) is 0 Å². The Morgan fingerprint density at radius 1 is 1.00 bits per heavy atom. The number of aliphatic carboxylic acids is 2. The van der Waals surface area contributed by atoms with Crippen LogP contribution in [0.15, 0.2) is 0 Å². The molecule has 0 aliphatic rings. The normalized spacial score (nSPS) is 7.40. The first kappa shape index (κ1) is 11.7. The van der Waals surface area contributed by atoms with E-state index in [1.54, 1.807) is 0 Å². The van der Waals surface area contributed by atoms with Gasteiger partial charge in [0.1, 0.15) is 0 Å². The van der Waals surface area contributed by atoms with Gasteiger partial charge in [-0.25, -0.2) is 0 Å². The molecule has 3 N–H and O–H groups in total. The smallest absolute Gasteiger partial charge is 0.303 e. The third-order valence-electron chi connectivity index (χ3n) is 0.553. The van der Waals surface area contributed by atoms with Crippen LogP contribution in [0.2, 0.25) is 0 Å². The number of carboxylic acids is 2. The molecule has 0 aromatic carbocycles. The van der Waals surface area contributed by atoms with Crippen LogP contribution < -0.4 is 0 Å². The van der Waals surface area contributed by atoms with Gasteiger partial charge in [0.2, 0.25) is 0 Å². The summed E-state index contributed by atoms with van der Waals surface area (Å²) in [4.78, 5) is 19.3. The Kier molecular flexibility index (Phi) is 9.22. The zero-order valence-electron chi connectivity index (χ0n) is 5.57. The monoisotopic (exact) mass is 150 g/mol. The van der Waals surface area contributed by atoms with E-state index in [1.165, 1.54) is 0 Å². The standard InChI is InChI=1S/C4H6O4.CH4O/c5-3(6)1-2-4(7)8;1-2/h1-2H2,(H,5,6)(H,7,8);2H,1H3. The summed E-state index contributed by atoms with van der Waals surface area (Å²) >= 11 is 0. The van der Waals surface area contributed by atoms with E-state index >= 15 is 0 Å². The van der Waals surface area contributed by atoms with Crippen molar-refractivity contribution in [1.82, 2.24) is 0 Å². The topological polar surface area (TPSA) is 94.8 Å². The molecule has 0 aliphatic heterocycles. The Balaban J connectivity index is 0. The molecule has 0 rings (SSSR count). The lowest BCUT2D eigenvalue weighted by Gasteiger charge is -1.85. The molecule has 0 atom stereocenters. The van der Waals surface area contributed by atoms with Gasteiger partial charge in [-0.2, -0.15) is 0 Å². The van der Waals surface area contributed by atoms with E-state index in [9.17, 15) is 9.59 Å². The summed E-state index contributed by atoms with van der Waals surface area (Å²) in [5.74, 6) is -2.15. The van der Waals surface area contributed by atoms with Gasteiger partial charge in [-0.15, -0.1) is 0 Å². The predicted octanol–water partition coefficient (Wildman–Crippen LogP) is -0.456. The van der Waals surface area contributed by atoms with Crippen molar-refractivity contribution in [2.24, 2.45) is 0 Å². The number of aliphatic hydroxyl groups excluding tert-OH is 1. The van der Waals surface area contributed by atoms with Gasteiger partial charge in [0.05, 0.1) is 12.8 Å². The summed E-state index contributed by atoms with van der Waals surface area (Å²) in [5, 5.41) is 22.8. The van der Waals surface area contributed by atoms with Crippen molar-refractivity contribution in [2.45, 2.75) is 12.8 Å². The highest BCUT2D eigenvalue weighted by Gasteiger charge is 2.00. The average molecular weight is 150 g/mol. The van der Waals surface area contributed by atoms with E-state index in [0.717, 1.165) is 7.11 Å². The van der Waals surface area contributed by atoms with Gasteiger partial charge in [0.25, 0.3) is 0 Å². The number of rotatable bonds is 3. The van der Waals surface area contributed by atoms with Gasteiger partial charge in [0.15, 0.2) is 0 Å². The van der Waals surface area contributed by atoms with E-state index in [0.29, 0.717) is 0 Å². The van der Waals surface area contributed by atoms with Crippen LogP contribution >= 0.6 is 0 Å². The zero-order chi connectivity index (χ0) is 8.57. The highest BCUT2D eigenvalue weighted by atomic mass is 16.4. The molecule has 0 spiro atoms. The maximum absolute atomic E-state index is 9.64. The fourth-order valence-corrected chi connectivity index (χ4v) is 0.214. The zero-order valence-corrected chi connectivity index (χ0v) is 5.57. The Labute approximate surface area is 57.9 Å². The quantitative estimate of drug-likeness (QED) is 0.506. The lowest BCUT2D eigenvalue weighted by atomic mass is 10.3. The Morgan fingerprint density at radius 3 is 1.30 bits per heavy atom. The highest BCUT2D eigenvalue weighted by molar-refractivity contribution is 5.75. The molecule has 0 aromatic heterocycles. The van der Waals surface area contributed by atoms with E-state index in [4.69, 9.17) is 15.3 Å².